The fourth-order valence-corrected chi connectivity index (χ4v) is 10.1. The van der Waals surface area contributed by atoms with Crippen LogP contribution in [0.25, 0.3) is 0 Å². The summed E-state index contributed by atoms with van der Waals surface area (Å²) in [5.74, 6) is 0.983. The Morgan fingerprint density at radius 1 is 1.14 bits per heavy atom. The van der Waals surface area contributed by atoms with Gasteiger partial charge in [-0.25, -0.2) is 8.42 Å². The Bertz CT molecular complexity index is 1400. The first-order valence-corrected chi connectivity index (χ1v) is 17.6. The Kier molecular flexibility index (Phi) is 9.56. The van der Waals surface area contributed by atoms with Crippen molar-refractivity contribution in [1.29, 1.82) is 0 Å². The lowest BCUT2D eigenvalue weighted by Crippen LogP contribution is -2.51. The van der Waals surface area contributed by atoms with Crippen LogP contribution in [0.15, 0.2) is 35.7 Å². The number of methoxy groups -OCH3 is 2. The van der Waals surface area contributed by atoms with E-state index in [0.29, 0.717) is 50.5 Å². The number of ether oxygens (including phenoxy) is 3. The summed E-state index contributed by atoms with van der Waals surface area (Å²) in [7, 11) is -0.785. The molecule has 1 aromatic heterocycles. The molecular formula is C32H44N2O7S2. The fourth-order valence-electron chi connectivity index (χ4n) is 7.24. The maximum absolute atomic E-state index is 14.2. The highest BCUT2D eigenvalue weighted by Crippen LogP contribution is 2.64. The summed E-state index contributed by atoms with van der Waals surface area (Å²) in [6.07, 6.45) is 3.79. The molecule has 2 aliphatic carbocycles. The van der Waals surface area contributed by atoms with Crippen LogP contribution in [0.4, 0.5) is 0 Å². The lowest BCUT2D eigenvalue weighted by Gasteiger charge is -2.38. The smallest absolute Gasteiger partial charge is 0.238 e. The van der Waals surface area contributed by atoms with Crippen molar-refractivity contribution in [2.24, 2.45) is 16.7 Å². The number of hydrogen-bond donors (Lipinski definition) is 0. The van der Waals surface area contributed by atoms with Gasteiger partial charge in [0.05, 0.1) is 39.2 Å². The molecule has 43 heavy (non-hydrogen) atoms. The number of Topliss-reactive ketones (excluding diaryl/α,β-unsaturated/α-hetero) is 1. The Morgan fingerprint density at radius 3 is 2.53 bits per heavy atom. The summed E-state index contributed by atoms with van der Waals surface area (Å²) in [4.78, 5) is 30.0. The van der Waals surface area contributed by atoms with Gasteiger partial charge in [-0.15, -0.1) is 11.3 Å². The van der Waals surface area contributed by atoms with Gasteiger partial charge < -0.3 is 19.1 Å². The lowest BCUT2D eigenvalue weighted by molar-refractivity contribution is -0.132. The lowest BCUT2D eigenvalue weighted by atomic mass is 9.70. The molecule has 236 valence electrons. The van der Waals surface area contributed by atoms with E-state index in [4.69, 9.17) is 14.2 Å². The van der Waals surface area contributed by atoms with Gasteiger partial charge in [0.15, 0.2) is 11.5 Å². The van der Waals surface area contributed by atoms with Crippen LogP contribution in [0.5, 0.6) is 11.5 Å². The van der Waals surface area contributed by atoms with Crippen LogP contribution in [0.2, 0.25) is 0 Å². The minimum atomic E-state index is -3.96. The third-order valence-corrected chi connectivity index (χ3v) is 12.9. The van der Waals surface area contributed by atoms with Crippen molar-refractivity contribution in [3.63, 3.8) is 0 Å². The third-order valence-electron chi connectivity index (χ3n) is 10.1. The average molecular weight is 633 g/mol. The number of carbonyl (C=O) groups is 2. The fraction of sp³-hybridized carbons (Fsp3) is 0.625. The summed E-state index contributed by atoms with van der Waals surface area (Å²) in [5.41, 5.74) is -0.318. The third kappa shape index (κ3) is 6.50. The molecule has 9 nitrogen and oxygen atoms in total. The quantitative estimate of drug-likeness (QED) is 0.301. The molecule has 1 aromatic carbocycles. The number of nitrogens with zero attached hydrogens (tertiary/aromatic N) is 2. The summed E-state index contributed by atoms with van der Waals surface area (Å²) in [6, 6.07) is 9.60. The van der Waals surface area contributed by atoms with Crippen LogP contribution in [-0.4, -0.2) is 81.6 Å². The van der Waals surface area contributed by atoms with E-state index in [2.05, 4.69) is 0 Å². The molecule has 2 heterocycles. The second-order valence-electron chi connectivity index (χ2n) is 12.7. The number of hydrogen-bond acceptors (Lipinski definition) is 8. The zero-order chi connectivity index (χ0) is 30.8. The SMILES string of the molecule is COc1ccc(CCN(Cc2cccs2)C(=O)CN(CC2CCCO2)S(=O)(=O)CC23CCC(CC2=O)C3(C)C)cc1OC. The van der Waals surface area contributed by atoms with E-state index < -0.39 is 15.4 Å². The summed E-state index contributed by atoms with van der Waals surface area (Å²) in [6.45, 7) is 5.28. The van der Waals surface area contributed by atoms with Crippen LogP contribution in [0.3, 0.4) is 0 Å². The highest BCUT2D eigenvalue weighted by atomic mass is 32.2. The van der Waals surface area contributed by atoms with Crippen LogP contribution in [0, 0.1) is 16.7 Å². The first-order chi connectivity index (χ1) is 20.5. The van der Waals surface area contributed by atoms with Crippen LogP contribution in [0.1, 0.15) is 56.4 Å². The van der Waals surface area contributed by atoms with Crippen molar-refractivity contribution in [1.82, 2.24) is 9.21 Å². The summed E-state index contributed by atoms with van der Waals surface area (Å²) < 4.78 is 46.3. The molecule has 3 unspecified atom stereocenters. The first kappa shape index (κ1) is 31.9. The van der Waals surface area contributed by atoms with E-state index in [1.165, 1.54) is 4.31 Å². The van der Waals surface area contributed by atoms with E-state index >= 15 is 0 Å². The number of rotatable bonds is 14. The topological polar surface area (TPSA) is 102 Å². The normalized spacial score (nSPS) is 24.5. The van der Waals surface area contributed by atoms with Crippen molar-refractivity contribution in [3.05, 3.63) is 46.2 Å². The Labute approximate surface area is 259 Å². The van der Waals surface area contributed by atoms with Crippen molar-refractivity contribution in [3.8, 4) is 11.5 Å². The molecule has 11 heteroatoms. The predicted molar refractivity (Wildman–Crippen MR) is 166 cm³/mol. The zero-order valence-corrected chi connectivity index (χ0v) is 27.3. The van der Waals surface area contributed by atoms with Crippen molar-refractivity contribution in [2.45, 2.75) is 65.0 Å². The van der Waals surface area contributed by atoms with Crippen molar-refractivity contribution >= 4 is 33.1 Å². The van der Waals surface area contributed by atoms with E-state index in [9.17, 15) is 18.0 Å². The minimum Gasteiger partial charge on any atom is -0.493 e. The van der Waals surface area contributed by atoms with Crippen molar-refractivity contribution < 1.29 is 32.2 Å². The zero-order valence-electron chi connectivity index (χ0n) is 25.7. The molecule has 0 radical (unpaired) electrons. The number of carbonyl (C=O) groups excluding carboxylic acids is 2. The predicted octanol–water partition coefficient (Wildman–Crippen LogP) is 4.54. The molecule has 0 N–H and O–H groups in total. The van der Waals surface area contributed by atoms with Gasteiger partial charge in [0, 0.05) is 36.4 Å². The standard InChI is InChI=1S/C32H44N2O7S2/c1-31(2)24-11-13-32(31,29(35)18-24)22-43(37,38)34(19-25-7-5-15-41-25)21-30(36)33(20-26-8-6-16-42-26)14-12-23-9-10-27(39-3)28(17-23)40-4/h6,8-10,16-17,24-25H,5,7,11-15,18-22H2,1-4H3. The number of benzene rings is 1. The minimum absolute atomic E-state index is 0.0509. The van der Waals surface area contributed by atoms with E-state index in [-0.39, 0.29) is 48.0 Å². The molecule has 2 saturated carbocycles. The van der Waals surface area contributed by atoms with E-state index in [1.807, 2.05) is 49.6 Å². The first-order valence-electron chi connectivity index (χ1n) is 15.1. The molecule has 2 aromatic rings. The second-order valence-corrected chi connectivity index (χ2v) is 15.7. The molecule has 5 rings (SSSR count). The molecule has 2 bridgehead atoms. The van der Waals surface area contributed by atoms with Crippen molar-refractivity contribution in [2.75, 3.05) is 46.2 Å². The largest absolute Gasteiger partial charge is 0.493 e. The van der Waals surface area contributed by atoms with Gasteiger partial charge in [-0.1, -0.05) is 26.0 Å². The molecule has 1 aliphatic heterocycles. The average Bonchev–Trinajstić information content (AvgIpc) is 3.76. The van der Waals surface area contributed by atoms with Gasteiger partial charge in [0.2, 0.25) is 15.9 Å². The summed E-state index contributed by atoms with van der Waals surface area (Å²) >= 11 is 1.56. The highest BCUT2D eigenvalue weighted by Gasteiger charge is 2.65. The summed E-state index contributed by atoms with van der Waals surface area (Å²) in [5, 5.41) is 1.97. The van der Waals surface area contributed by atoms with Gasteiger partial charge >= 0.3 is 0 Å². The molecular weight excluding hydrogens is 588 g/mol. The van der Waals surface area contributed by atoms with E-state index in [0.717, 1.165) is 29.7 Å². The Morgan fingerprint density at radius 2 is 1.93 bits per heavy atom. The molecule has 1 saturated heterocycles. The number of ketones is 1. The van der Waals surface area contributed by atoms with Crippen LogP contribution in [-0.2, 0) is 37.3 Å². The monoisotopic (exact) mass is 632 g/mol. The van der Waals surface area contributed by atoms with Gasteiger partial charge in [0.25, 0.3) is 0 Å². The van der Waals surface area contributed by atoms with Crippen LogP contribution < -0.4 is 9.47 Å². The Balaban J connectivity index is 1.37. The van der Waals surface area contributed by atoms with Gasteiger partial charge in [-0.05, 0) is 72.6 Å². The Hall–Kier alpha value is -2.47. The molecule has 1 amide bonds. The number of sulfonamides is 1. The number of amides is 1. The second kappa shape index (κ2) is 12.9. The molecule has 3 fully saturated rings. The van der Waals surface area contributed by atoms with Gasteiger partial charge in [0.1, 0.15) is 5.78 Å². The van der Waals surface area contributed by atoms with Crippen LogP contribution >= 0.6 is 11.3 Å². The number of thiophene rings is 1. The molecule has 0 spiro atoms. The highest BCUT2D eigenvalue weighted by molar-refractivity contribution is 7.89. The van der Waals surface area contributed by atoms with Gasteiger partial charge in [-0.2, -0.15) is 4.31 Å². The van der Waals surface area contributed by atoms with E-state index in [1.54, 1.807) is 30.5 Å². The maximum atomic E-state index is 14.2. The number of fused-ring (bicyclic) bond motifs is 2. The molecule has 3 atom stereocenters. The maximum Gasteiger partial charge on any atom is 0.238 e. The van der Waals surface area contributed by atoms with Gasteiger partial charge in [-0.3, -0.25) is 9.59 Å². The molecule has 3 aliphatic rings.